The lowest BCUT2D eigenvalue weighted by Crippen LogP contribution is -2.54. The third kappa shape index (κ3) is 11.0. The number of pyridine rings is 1. The molecule has 0 bridgehead atoms. The van der Waals surface area contributed by atoms with E-state index in [1.165, 1.54) is 4.90 Å². The number of hydrogen-bond donors (Lipinski definition) is 5. The van der Waals surface area contributed by atoms with Gasteiger partial charge in [0, 0.05) is 66.2 Å². The van der Waals surface area contributed by atoms with Crippen LogP contribution in [-0.2, 0) is 31.6 Å². The van der Waals surface area contributed by atoms with Gasteiger partial charge in [0.2, 0.25) is 0 Å². The van der Waals surface area contributed by atoms with E-state index in [2.05, 4.69) is 11.1 Å². The van der Waals surface area contributed by atoms with E-state index in [0.717, 1.165) is 58.6 Å². The molecule has 1 saturated heterocycles. The maximum atomic E-state index is 13.3. The topological polar surface area (TPSA) is 190 Å². The molecule has 1 aromatic heterocycles. The molecule has 13 nitrogen and oxygen atoms in total. The quantitative estimate of drug-likeness (QED) is 0.0828. The number of hydrogen-bond acceptors (Lipinski definition) is 13. The van der Waals surface area contributed by atoms with E-state index in [1.807, 2.05) is 53.6 Å². The fourth-order valence-corrected chi connectivity index (χ4v) is 8.94. The largest absolute Gasteiger partial charge is 0.490 e. The predicted octanol–water partition coefficient (Wildman–Crippen LogP) is 2.63. The highest BCUT2D eigenvalue weighted by atomic mass is 35.5. The molecule has 1 aliphatic heterocycles. The van der Waals surface area contributed by atoms with Gasteiger partial charge in [-0.3, -0.25) is 14.7 Å². The van der Waals surface area contributed by atoms with E-state index < -0.39 is 52.4 Å². The van der Waals surface area contributed by atoms with Crippen LogP contribution in [0.5, 0.6) is 5.75 Å². The number of benzene rings is 2. The fraction of sp³-hybridized carbons (Fsp3) is 0.538. The van der Waals surface area contributed by atoms with E-state index in [0.29, 0.717) is 43.4 Å². The summed E-state index contributed by atoms with van der Waals surface area (Å²) < 4.78 is 36.7. The molecule has 2 aliphatic carbocycles. The number of rotatable bonds is 20. The summed E-state index contributed by atoms with van der Waals surface area (Å²) in [5, 5.41) is 50.6. The van der Waals surface area contributed by atoms with E-state index >= 15 is 0 Å². The van der Waals surface area contributed by atoms with Crippen molar-refractivity contribution in [3.8, 4) is 16.9 Å². The standard InChI is InChI=1S/C39H50ClN3O10S2/c40-32-9-8-28(22-26(32)25-52-39(11-12-39)31-23-41-13-10-29(31)30-4-1-2-5-34(30)53-27-6-7-27)54-19-3-14-43(16-15-42-17-20-55(50,51)21-18-42)38(49)37(48)36(47)35(46)33(45)24-44/h1-2,4-5,8-10,13,22-23,27,33,35-37,44-48H,3,6-7,11-12,14-21,24-25H2/t33-,35+,36-,37-/m0/s1. The van der Waals surface area contributed by atoms with Crippen LogP contribution >= 0.6 is 23.4 Å². The number of ether oxygens (including phenoxy) is 2. The number of aromatic nitrogens is 1. The SMILES string of the molecule is O=C([C@@H](O)[C@@H](O)[C@H](O)[C@@H](O)CO)N(CCCSc1ccc(Cl)c(COC2(c3cnccc3-c3ccccc3OC3CC3)CC2)c1)CCN1CCS(=O)(=O)CC1. The molecule has 3 aromatic rings. The van der Waals surface area contributed by atoms with E-state index in [9.17, 15) is 33.6 Å². The van der Waals surface area contributed by atoms with Crippen LogP contribution in [0.25, 0.3) is 11.1 Å². The van der Waals surface area contributed by atoms with Crippen molar-refractivity contribution < 1.29 is 48.2 Å². The van der Waals surface area contributed by atoms with Gasteiger partial charge >= 0.3 is 0 Å². The molecule has 5 N–H and O–H groups in total. The smallest absolute Gasteiger partial charge is 0.254 e. The molecule has 6 rings (SSSR count). The minimum Gasteiger partial charge on any atom is -0.490 e. The summed E-state index contributed by atoms with van der Waals surface area (Å²) in [6, 6.07) is 15.8. The Morgan fingerprint density at radius 2 is 1.76 bits per heavy atom. The second-order valence-electron chi connectivity index (χ2n) is 14.5. The third-order valence-electron chi connectivity index (χ3n) is 10.3. The minimum atomic E-state index is -3.09. The maximum Gasteiger partial charge on any atom is 0.254 e. The van der Waals surface area contributed by atoms with Gasteiger partial charge in [0.1, 0.15) is 24.1 Å². The summed E-state index contributed by atoms with van der Waals surface area (Å²) >= 11 is 8.22. The molecule has 3 fully saturated rings. The molecular weight excluding hydrogens is 770 g/mol. The Morgan fingerprint density at radius 1 is 1.02 bits per heavy atom. The number of aliphatic hydroxyl groups excluding tert-OH is 5. The van der Waals surface area contributed by atoms with Gasteiger partial charge in [-0.1, -0.05) is 29.8 Å². The second kappa shape index (κ2) is 18.6. The van der Waals surface area contributed by atoms with E-state index in [1.54, 1.807) is 18.0 Å². The predicted molar refractivity (Wildman–Crippen MR) is 209 cm³/mol. The van der Waals surface area contributed by atoms with E-state index in [-0.39, 0.29) is 30.7 Å². The molecule has 2 aromatic carbocycles. The number of thioether (sulfide) groups is 1. The Morgan fingerprint density at radius 3 is 2.47 bits per heavy atom. The number of carbonyl (C=O) groups excluding carboxylic acids is 1. The van der Waals surface area contributed by atoms with Gasteiger partial charge in [0.05, 0.1) is 36.4 Å². The first kappa shape index (κ1) is 41.8. The van der Waals surface area contributed by atoms with Crippen LogP contribution < -0.4 is 4.74 Å². The van der Waals surface area contributed by atoms with Crippen molar-refractivity contribution in [2.24, 2.45) is 0 Å². The summed E-state index contributed by atoms with van der Waals surface area (Å²) in [4.78, 5) is 22.0. The van der Waals surface area contributed by atoms with Crippen LogP contribution in [0.3, 0.4) is 0 Å². The lowest BCUT2D eigenvalue weighted by atomic mass is 9.96. The molecule has 300 valence electrons. The Bertz CT molecular complexity index is 1870. The van der Waals surface area contributed by atoms with Crippen molar-refractivity contribution in [3.63, 3.8) is 0 Å². The highest BCUT2D eigenvalue weighted by Gasteiger charge is 2.48. The van der Waals surface area contributed by atoms with Crippen LogP contribution in [0.2, 0.25) is 5.02 Å². The number of halogens is 1. The number of aliphatic hydroxyl groups is 5. The minimum absolute atomic E-state index is 0.0219. The maximum absolute atomic E-state index is 13.3. The third-order valence-corrected chi connectivity index (χ3v) is 13.4. The van der Waals surface area contributed by atoms with Crippen LogP contribution in [0.15, 0.2) is 65.8 Å². The Hall–Kier alpha value is -2.83. The van der Waals surface area contributed by atoms with Gasteiger partial charge in [-0.05, 0) is 79.3 Å². The number of carbonyl (C=O) groups is 1. The normalized spacial score (nSPS) is 20.0. The summed E-state index contributed by atoms with van der Waals surface area (Å²) in [7, 11) is -3.09. The van der Waals surface area contributed by atoms with Crippen molar-refractivity contribution in [1.82, 2.24) is 14.8 Å². The summed E-state index contributed by atoms with van der Waals surface area (Å²) in [6.45, 7) is 0.768. The summed E-state index contributed by atoms with van der Waals surface area (Å²) in [5.41, 5.74) is 3.41. The second-order valence-corrected chi connectivity index (χ2v) is 18.3. The highest BCUT2D eigenvalue weighted by molar-refractivity contribution is 7.99. The lowest BCUT2D eigenvalue weighted by molar-refractivity contribution is -0.158. The molecular formula is C39H50ClN3O10S2. The first-order valence-corrected chi connectivity index (χ1v) is 21.9. The monoisotopic (exact) mass is 819 g/mol. The van der Waals surface area contributed by atoms with Crippen molar-refractivity contribution >= 4 is 39.1 Å². The Labute approximate surface area is 331 Å². The molecule has 4 atom stereocenters. The van der Waals surface area contributed by atoms with Gasteiger partial charge in [0.15, 0.2) is 15.9 Å². The Balaban J connectivity index is 1.06. The van der Waals surface area contributed by atoms with Gasteiger partial charge in [-0.2, -0.15) is 0 Å². The van der Waals surface area contributed by atoms with Crippen LogP contribution in [0, 0.1) is 0 Å². The van der Waals surface area contributed by atoms with Crippen LogP contribution in [-0.4, -0.2) is 142 Å². The van der Waals surface area contributed by atoms with Gasteiger partial charge in [0.25, 0.3) is 5.91 Å². The zero-order valence-corrected chi connectivity index (χ0v) is 33.0. The molecule has 0 unspecified atom stereocenters. The molecule has 0 spiro atoms. The molecule has 0 radical (unpaired) electrons. The van der Waals surface area contributed by atoms with Gasteiger partial charge < -0.3 is 39.9 Å². The lowest BCUT2D eigenvalue weighted by Gasteiger charge is -2.32. The average molecular weight is 820 g/mol. The number of amides is 1. The molecule has 3 aliphatic rings. The molecule has 2 heterocycles. The average Bonchev–Trinajstić information content (AvgIpc) is 4.14. The first-order valence-electron chi connectivity index (χ1n) is 18.7. The molecule has 55 heavy (non-hydrogen) atoms. The highest BCUT2D eigenvalue weighted by Crippen LogP contribution is 2.53. The van der Waals surface area contributed by atoms with Crippen molar-refractivity contribution in [2.75, 3.05) is 56.6 Å². The zero-order valence-electron chi connectivity index (χ0n) is 30.6. The van der Waals surface area contributed by atoms with E-state index in [4.69, 9.17) is 26.2 Å². The van der Waals surface area contributed by atoms with Crippen molar-refractivity contribution in [1.29, 1.82) is 0 Å². The van der Waals surface area contributed by atoms with Crippen LogP contribution in [0.1, 0.15) is 43.2 Å². The van der Waals surface area contributed by atoms with Crippen LogP contribution in [0.4, 0.5) is 0 Å². The van der Waals surface area contributed by atoms with Gasteiger partial charge in [-0.15, -0.1) is 11.8 Å². The number of para-hydroxylation sites is 1. The number of nitrogens with zero attached hydrogens (tertiary/aromatic N) is 3. The molecule has 2 saturated carbocycles. The fourth-order valence-electron chi connectivity index (χ4n) is 6.59. The number of sulfone groups is 1. The van der Waals surface area contributed by atoms with Crippen molar-refractivity contribution in [2.45, 2.75) is 79.7 Å². The first-order chi connectivity index (χ1) is 26.4. The molecule has 1 amide bonds. The van der Waals surface area contributed by atoms with Gasteiger partial charge in [-0.25, -0.2) is 8.42 Å². The summed E-state index contributed by atoms with van der Waals surface area (Å²) in [5.74, 6) is 0.645. The summed E-state index contributed by atoms with van der Waals surface area (Å²) in [6.07, 6.45) is 0.507. The van der Waals surface area contributed by atoms with Crippen molar-refractivity contribution in [3.05, 3.63) is 77.1 Å². The Kier molecular flexibility index (Phi) is 14.1. The zero-order chi connectivity index (χ0) is 39.2. The molecule has 16 heteroatoms.